The van der Waals surface area contributed by atoms with Gasteiger partial charge < -0.3 is 14.8 Å². The van der Waals surface area contributed by atoms with Crippen LogP contribution in [0.2, 0.25) is 0 Å². The van der Waals surface area contributed by atoms with Gasteiger partial charge in [0.05, 0.1) is 12.7 Å². The van der Waals surface area contributed by atoms with E-state index in [9.17, 15) is 4.79 Å². The first-order valence-corrected chi connectivity index (χ1v) is 6.01. The smallest absolute Gasteiger partial charge is 0.222 e. The summed E-state index contributed by atoms with van der Waals surface area (Å²) >= 11 is 0. The summed E-state index contributed by atoms with van der Waals surface area (Å²) in [5.74, 6) is 0.117. The van der Waals surface area contributed by atoms with Crippen molar-refractivity contribution in [2.75, 3.05) is 26.4 Å². The Labute approximate surface area is 98.7 Å². The average molecular weight is 231 g/mol. The van der Waals surface area contributed by atoms with Crippen LogP contribution in [0, 0.1) is 5.92 Å². The summed E-state index contributed by atoms with van der Waals surface area (Å²) < 4.78 is 10.7. The van der Waals surface area contributed by atoms with Gasteiger partial charge in [0.25, 0.3) is 0 Å². The van der Waals surface area contributed by atoms with Gasteiger partial charge in [0.15, 0.2) is 0 Å². The molecule has 0 rings (SSSR count). The van der Waals surface area contributed by atoms with Crippen molar-refractivity contribution in [2.45, 2.75) is 40.2 Å². The maximum atomic E-state index is 11.2. The fraction of sp³-hybridized carbons (Fsp3) is 0.917. The van der Waals surface area contributed by atoms with Gasteiger partial charge in [-0.2, -0.15) is 0 Å². The monoisotopic (exact) mass is 231 g/mol. The summed E-state index contributed by atoms with van der Waals surface area (Å²) in [6.45, 7) is 10.4. The molecule has 0 saturated carbocycles. The van der Waals surface area contributed by atoms with Gasteiger partial charge in [0, 0.05) is 25.7 Å². The van der Waals surface area contributed by atoms with Crippen LogP contribution in [0.4, 0.5) is 0 Å². The fourth-order valence-electron chi connectivity index (χ4n) is 1.03. The normalized spacial score (nSPS) is 11.1. The van der Waals surface area contributed by atoms with Gasteiger partial charge in [-0.15, -0.1) is 0 Å². The molecule has 0 aromatic rings. The molecule has 0 radical (unpaired) electrons. The molecule has 0 unspecified atom stereocenters. The molecule has 0 aromatic heterocycles. The highest BCUT2D eigenvalue weighted by Gasteiger charge is 2.04. The predicted octanol–water partition coefficient (Wildman–Crippen LogP) is 1.59. The highest BCUT2D eigenvalue weighted by Crippen LogP contribution is 1.92. The third-order valence-corrected chi connectivity index (χ3v) is 1.95. The highest BCUT2D eigenvalue weighted by molar-refractivity contribution is 5.77. The van der Waals surface area contributed by atoms with Gasteiger partial charge in [-0.1, -0.05) is 13.8 Å². The molecule has 4 heteroatoms. The first kappa shape index (κ1) is 15.4. The Morgan fingerprint density at radius 3 is 2.38 bits per heavy atom. The molecule has 1 N–H and O–H groups in total. The molecule has 96 valence electrons. The first-order valence-electron chi connectivity index (χ1n) is 6.01. The zero-order valence-corrected chi connectivity index (χ0v) is 10.9. The summed E-state index contributed by atoms with van der Waals surface area (Å²) in [6, 6.07) is 0. The van der Waals surface area contributed by atoms with Crippen molar-refractivity contribution in [3.63, 3.8) is 0 Å². The van der Waals surface area contributed by atoms with Crippen LogP contribution in [0.1, 0.15) is 34.1 Å². The maximum Gasteiger partial charge on any atom is 0.222 e. The molecule has 0 heterocycles. The van der Waals surface area contributed by atoms with Gasteiger partial charge >= 0.3 is 0 Å². The van der Waals surface area contributed by atoms with Crippen LogP contribution in [0.25, 0.3) is 0 Å². The minimum absolute atomic E-state index is 0.0411. The molecule has 1 amide bonds. The predicted molar refractivity (Wildman–Crippen MR) is 64.4 cm³/mol. The highest BCUT2D eigenvalue weighted by atomic mass is 16.5. The van der Waals surface area contributed by atoms with Crippen LogP contribution in [-0.2, 0) is 14.3 Å². The first-order chi connectivity index (χ1) is 7.54. The van der Waals surface area contributed by atoms with Crippen LogP contribution >= 0.6 is 0 Å². The van der Waals surface area contributed by atoms with E-state index in [1.165, 1.54) is 0 Å². The molecule has 0 saturated heterocycles. The number of nitrogens with one attached hydrogen (secondary N) is 1. The topological polar surface area (TPSA) is 47.6 Å². The lowest BCUT2D eigenvalue weighted by Crippen LogP contribution is -2.30. The average Bonchev–Trinajstić information content (AvgIpc) is 2.21. The molecule has 0 aliphatic heterocycles. The molecule has 4 nitrogen and oxygen atoms in total. The number of carbonyl (C=O) groups excluding carboxylic acids is 1. The quantitative estimate of drug-likeness (QED) is 0.613. The van der Waals surface area contributed by atoms with E-state index in [0.717, 1.165) is 13.0 Å². The van der Waals surface area contributed by atoms with Gasteiger partial charge in [0.2, 0.25) is 5.91 Å². The molecule has 0 bridgehead atoms. The van der Waals surface area contributed by atoms with Crippen molar-refractivity contribution in [1.82, 2.24) is 5.32 Å². The summed E-state index contributed by atoms with van der Waals surface area (Å²) in [7, 11) is 0. The minimum atomic E-state index is 0.0411. The number of ether oxygens (including phenoxy) is 2. The number of rotatable bonds is 9. The number of hydrogen-bond donors (Lipinski definition) is 1. The van der Waals surface area contributed by atoms with Crippen molar-refractivity contribution < 1.29 is 14.3 Å². The van der Waals surface area contributed by atoms with Gasteiger partial charge in [-0.3, -0.25) is 4.79 Å². The molecule has 0 atom stereocenters. The van der Waals surface area contributed by atoms with Gasteiger partial charge in [0.1, 0.15) is 0 Å². The second-order valence-corrected chi connectivity index (χ2v) is 4.33. The Hall–Kier alpha value is -0.610. The number of amides is 1. The lowest BCUT2D eigenvalue weighted by atomic mass is 10.2. The van der Waals surface area contributed by atoms with Gasteiger partial charge in [-0.05, 0) is 20.3 Å². The minimum Gasteiger partial charge on any atom is -0.380 e. The van der Waals surface area contributed by atoms with E-state index in [1.54, 1.807) is 0 Å². The summed E-state index contributed by atoms with van der Waals surface area (Å²) in [6.07, 6.45) is 1.18. The van der Waals surface area contributed by atoms with Crippen molar-refractivity contribution in [3.05, 3.63) is 0 Å². The Bertz CT molecular complexity index is 181. The van der Waals surface area contributed by atoms with Crippen LogP contribution in [-0.4, -0.2) is 38.4 Å². The molecular formula is C12H25NO3. The lowest BCUT2D eigenvalue weighted by Gasteiger charge is -2.09. The SMILES string of the molecule is CC(C)OCCCOCCNC(=O)C(C)C. The van der Waals surface area contributed by atoms with Crippen LogP contribution in [0.5, 0.6) is 0 Å². The number of carbonyl (C=O) groups is 1. The largest absolute Gasteiger partial charge is 0.380 e. The third-order valence-electron chi connectivity index (χ3n) is 1.95. The van der Waals surface area contributed by atoms with Crippen molar-refractivity contribution in [3.8, 4) is 0 Å². The molecule has 0 aromatic carbocycles. The zero-order chi connectivity index (χ0) is 12.4. The van der Waals surface area contributed by atoms with Crippen molar-refractivity contribution >= 4 is 5.91 Å². The Morgan fingerprint density at radius 2 is 1.81 bits per heavy atom. The molecule has 0 fully saturated rings. The van der Waals surface area contributed by atoms with E-state index in [1.807, 2.05) is 27.7 Å². The van der Waals surface area contributed by atoms with E-state index in [4.69, 9.17) is 9.47 Å². The van der Waals surface area contributed by atoms with E-state index < -0.39 is 0 Å². The standard InChI is InChI=1S/C12H25NO3/c1-10(2)12(14)13-6-9-15-7-5-8-16-11(3)4/h10-11H,5-9H2,1-4H3,(H,13,14). The molecule has 16 heavy (non-hydrogen) atoms. The molecular weight excluding hydrogens is 206 g/mol. The Kier molecular flexibility index (Phi) is 9.24. The van der Waals surface area contributed by atoms with Crippen molar-refractivity contribution in [2.24, 2.45) is 5.92 Å². The second kappa shape index (κ2) is 9.60. The van der Waals surface area contributed by atoms with Gasteiger partial charge in [-0.25, -0.2) is 0 Å². The fourth-order valence-corrected chi connectivity index (χ4v) is 1.03. The second-order valence-electron chi connectivity index (χ2n) is 4.33. The summed E-state index contributed by atoms with van der Waals surface area (Å²) in [5.41, 5.74) is 0. The van der Waals surface area contributed by atoms with E-state index in [-0.39, 0.29) is 17.9 Å². The summed E-state index contributed by atoms with van der Waals surface area (Å²) in [4.78, 5) is 11.2. The molecule has 0 aliphatic carbocycles. The van der Waals surface area contributed by atoms with Crippen LogP contribution in [0.15, 0.2) is 0 Å². The molecule has 0 spiro atoms. The van der Waals surface area contributed by atoms with E-state index in [2.05, 4.69) is 5.32 Å². The van der Waals surface area contributed by atoms with Crippen molar-refractivity contribution in [1.29, 1.82) is 0 Å². The Morgan fingerprint density at radius 1 is 1.12 bits per heavy atom. The van der Waals surface area contributed by atoms with E-state index >= 15 is 0 Å². The third kappa shape index (κ3) is 9.93. The zero-order valence-electron chi connectivity index (χ0n) is 10.9. The number of hydrogen-bond acceptors (Lipinski definition) is 3. The van der Waals surface area contributed by atoms with E-state index in [0.29, 0.717) is 19.8 Å². The van der Waals surface area contributed by atoms with Crippen LogP contribution < -0.4 is 5.32 Å². The lowest BCUT2D eigenvalue weighted by molar-refractivity contribution is -0.124. The van der Waals surface area contributed by atoms with Crippen LogP contribution in [0.3, 0.4) is 0 Å². The summed E-state index contributed by atoms with van der Waals surface area (Å²) in [5, 5.41) is 2.80. The Balaban J connectivity index is 3.13. The maximum absolute atomic E-state index is 11.2. The molecule has 0 aliphatic rings.